The van der Waals surface area contributed by atoms with Crippen LogP contribution in [-0.2, 0) is 0 Å². The molecule has 2 rings (SSSR count). The fourth-order valence-corrected chi connectivity index (χ4v) is 3.16. The van der Waals surface area contributed by atoms with Crippen molar-refractivity contribution < 1.29 is 4.74 Å². The van der Waals surface area contributed by atoms with E-state index in [9.17, 15) is 0 Å². The van der Waals surface area contributed by atoms with Crippen molar-refractivity contribution in [3.63, 3.8) is 0 Å². The Morgan fingerprint density at radius 3 is 2.89 bits per heavy atom. The molecule has 0 saturated carbocycles. The summed E-state index contributed by atoms with van der Waals surface area (Å²) in [6, 6.07) is 8.64. The van der Waals surface area contributed by atoms with Crippen LogP contribution in [0.25, 0.3) is 0 Å². The van der Waals surface area contributed by atoms with Gasteiger partial charge in [0.15, 0.2) is 0 Å². The average molecular weight is 247 g/mol. The van der Waals surface area contributed by atoms with Crippen LogP contribution in [0.2, 0.25) is 0 Å². The molecular weight excluding hydrogens is 222 g/mol. The van der Waals surface area contributed by atoms with E-state index in [1.807, 2.05) is 6.07 Å². The predicted molar refractivity (Wildman–Crippen MR) is 76.2 cm³/mol. The molecule has 1 aliphatic rings. The van der Waals surface area contributed by atoms with E-state index in [4.69, 9.17) is 4.74 Å². The summed E-state index contributed by atoms with van der Waals surface area (Å²) in [6.07, 6.45) is 3.87. The molecule has 1 aromatic rings. The van der Waals surface area contributed by atoms with Gasteiger partial charge in [-0.15, -0.1) is 0 Å². The zero-order valence-corrected chi connectivity index (χ0v) is 11.9. The lowest BCUT2D eigenvalue weighted by molar-refractivity contribution is 0.358. The Morgan fingerprint density at radius 2 is 2.28 bits per heavy atom. The molecule has 0 unspecified atom stereocenters. The van der Waals surface area contributed by atoms with Crippen LogP contribution in [-0.4, -0.2) is 32.1 Å². The summed E-state index contributed by atoms with van der Waals surface area (Å²) in [5, 5.41) is 0. The second-order valence-electron chi connectivity index (χ2n) is 5.48. The molecule has 0 N–H and O–H groups in total. The maximum atomic E-state index is 5.36. The molecule has 2 nitrogen and oxygen atoms in total. The largest absolute Gasteiger partial charge is 0.497 e. The molecule has 1 heterocycles. The van der Waals surface area contributed by atoms with Crippen LogP contribution in [0.15, 0.2) is 24.3 Å². The number of nitrogens with zero attached hydrogens (tertiary/aromatic N) is 1. The van der Waals surface area contributed by atoms with Crippen LogP contribution in [0.4, 0.5) is 0 Å². The third-order valence-corrected chi connectivity index (χ3v) is 4.12. The van der Waals surface area contributed by atoms with Crippen LogP contribution >= 0.6 is 0 Å². The molecule has 0 radical (unpaired) electrons. The van der Waals surface area contributed by atoms with Crippen LogP contribution in [0.5, 0.6) is 5.75 Å². The number of hydrogen-bond acceptors (Lipinski definition) is 2. The van der Waals surface area contributed by atoms with E-state index < -0.39 is 0 Å². The fourth-order valence-electron chi connectivity index (χ4n) is 3.16. The van der Waals surface area contributed by atoms with Gasteiger partial charge in [0.25, 0.3) is 0 Å². The monoisotopic (exact) mass is 247 g/mol. The first-order chi connectivity index (χ1) is 8.74. The number of rotatable bonds is 5. The summed E-state index contributed by atoms with van der Waals surface area (Å²) in [6.45, 7) is 4.77. The van der Waals surface area contributed by atoms with Crippen molar-refractivity contribution >= 4 is 0 Å². The molecule has 18 heavy (non-hydrogen) atoms. The van der Waals surface area contributed by atoms with Crippen LogP contribution < -0.4 is 4.74 Å². The van der Waals surface area contributed by atoms with Crippen molar-refractivity contribution in [1.82, 2.24) is 4.90 Å². The summed E-state index contributed by atoms with van der Waals surface area (Å²) >= 11 is 0. The van der Waals surface area contributed by atoms with E-state index in [2.05, 4.69) is 37.1 Å². The lowest BCUT2D eigenvalue weighted by Crippen LogP contribution is -2.18. The van der Waals surface area contributed by atoms with Gasteiger partial charge in [0.05, 0.1) is 7.11 Å². The Morgan fingerprint density at radius 1 is 1.44 bits per heavy atom. The fraction of sp³-hybridized carbons (Fsp3) is 0.625. The summed E-state index contributed by atoms with van der Waals surface area (Å²) in [5.74, 6) is 2.48. The van der Waals surface area contributed by atoms with Gasteiger partial charge in [-0.2, -0.15) is 0 Å². The van der Waals surface area contributed by atoms with Gasteiger partial charge in [0.1, 0.15) is 5.75 Å². The minimum absolute atomic E-state index is 0.690. The SMILES string of the molecule is CCC[C@@H](c1cccc(OC)c1)[C@H]1CCN(C)C1. The highest BCUT2D eigenvalue weighted by atomic mass is 16.5. The minimum atomic E-state index is 0.690. The minimum Gasteiger partial charge on any atom is -0.497 e. The van der Waals surface area contributed by atoms with Crippen molar-refractivity contribution in [1.29, 1.82) is 0 Å². The van der Waals surface area contributed by atoms with E-state index in [-0.39, 0.29) is 0 Å². The molecule has 2 heteroatoms. The van der Waals surface area contributed by atoms with Gasteiger partial charge in [-0.1, -0.05) is 25.5 Å². The van der Waals surface area contributed by atoms with Crippen LogP contribution in [0.3, 0.4) is 0 Å². The van der Waals surface area contributed by atoms with E-state index in [1.54, 1.807) is 7.11 Å². The van der Waals surface area contributed by atoms with E-state index in [0.29, 0.717) is 5.92 Å². The second kappa shape index (κ2) is 6.24. The molecule has 0 aromatic heterocycles. The Balaban J connectivity index is 2.17. The zero-order chi connectivity index (χ0) is 13.0. The second-order valence-corrected chi connectivity index (χ2v) is 5.48. The van der Waals surface area contributed by atoms with Gasteiger partial charge in [0.2, 0.25) is 0 Å². The molecule has 1 aromatic carbocycles. The molecule has 1 aliphatic heterocycles. The standard InChI is InChI=1S/C16H25NO/c1-4-6-16(14-9-10-17(2)12-14)13-7-5-8-15(11-13)18-3/h5,7-8,11,14,16H,4,6,9-10,12H2,1-3H3/t14-,16-/m0/s1. The van der Waals surface area contributed by atoms with Crippen molar-refractivity contribution in [2.45, 2.75) is 32.1 Å². The number of likely N-dealkylation sites (tertiary alicyclic amines) is 1. The molecule has 0 aliphatic carbocycles. The molecule has 2 atom stereocenters. The number of methoxy groups -OCH3 is 1. The summed E-state index contributed by atoms with van der Waals surface area (Å²) in [4.78, 5) is 2.45. The number of benzene rings is 1. The number of hydrogen-bond donors (Lipinski definition) is 0. The Bertz CT molecular complexity index is 377. The van der Waals surface area contributed by atoms with Crippen molar-refractivity contribution in [3.05, 3.63) is 29.8 Å². The molecule has 100 valence electrons. The van der Waals surface area contributed by atoms with Crippen LogP contribution in [0, 0.1) is 5.92 Å². The molecular formula is C16H25NO. The molecule has 1 saturated heterocycles. The summed E-state index contributed by atoms with van der Waals surface area (Å²) in [7, 11) is 3.98. The highest BCUT2D eigenvalue weighted by Crippen LogP contribution is 2.36. The zero-order valence-electron chi connectivity index (χ0n) is 11.9. The van der Waals surface area contributed by atoms with Gasteiger partial charge >= 0.3 is 0 Å². The third-order valence-electron chi connectivity index (χ3n) is 4.12. The normalized spacial score (nSPS) is 22.1. The van der Waals surface area contributed by atoms with Gasteiger partial charge in [-0.05, 0) is 56.0 Å². The number of ether oxygens (including phenoxy) is 1. The topological polar surface area (TPSA) is 12.5 Å². The molecule has 0 spiro atoms. The van der Waals surface area contributed by atoms with E-state index >= 15 is 0 Å². The van der Waals surface area contributed by atoms with Gasteiger partial charge < -0.3 is 9.64 Å². The first kappa shape index (κ1) is 13.4. The predicted octanol–water partition coefficient (Wildman–Crippen LogP) is 3.53. The lowest BCUT2D eigenvalue weighted by atomic mass is 9.82. The van der Waals surface area contributed by atoms with Crippen molar-refractivity contribution in [2.24, 2.45) is 5.92 Å². The first-order valence-electron chi connectivity index (χ1n) is 7.07. The smallest absolute Gasteiger partial charge is 0.119 e. The summed E-state index contributed by atoms with van der Waals surface area (Å²) < 4.78 is 5.36. The maximum Gasteiger partial charge on any atom is 0.119 e. The van der Waals surface area contributed by atoms with Gasteiger partial charge in [-0.3, -0.25) is 0 Å². The maximum absolute atomic E-state index is 5.36. The van der Waals surface area contributed by atoms with E-state index in [0.717, 1.165) is 11.7 Å². The summed E-state index contributed by atoms with van der Waals surface area (Å²) in [5.41, 5.74) is 1.46. The Labute approximate surface area is 111 Å². The van der Waals surface area contributed by atoms with Crippen molar-refractivity contribution in [2.75, 3.05) is 27.2 Å². The Hall–Kier alpha value is -1.02. The van der Waals surface area contributed by atoms with E-state index in [1.165, 1.54) is 37.9 Å². The van der Waals surface area contributed by atoms with Crippen molar-refractivity contribution in [3.8, 4) is 5.75 Å². The molecule has 0 amide bonds. The molecule has 1 fully saturated rings. The molecule has 0 bridgehead atoms. The van der Waals surface area contributed by atoms with Crippen LogP contribution in [0.1, 0.15) is 37.7 Å². The highest BCUT2D eigenvalue weighted by molar-refractivity contribution is 5.31. The highest BCUT2D eigenvalue weighted by Gasteiger charge is 2.28. The quantitative estimate of drug-likeness (QED) is 0.789. The lowest BCUT2D eigenvalue weighted by Gasteiger charge is -2.24. The average Bonchev–Trinajstić information content (AvgIpc) is 2.82. The Kier molecular flexibility index (Phi) is 4.65. The first-order valence-corrected chi connectivity index (χ1v) is 7.07. The third kappa shape index (κ3) is 3.05. The van der Waals surface area contributed by atoms with Gasteiger partial charge in [-0.25, -0.2) is 0 Å². The van der Waals surface area contributed by atoms with Gasteiger partial charge in [0, 0.05) is 6.54 Å².